The van der Waals surface area contributed by atoms with Crippen molar-refractivity contribution in [3.8, 4) is 0 Å². The smallest absolute Gasteiger partial charge is 0.254 e. The van der Waals surface area contributed by atoms with Crippen LogP contribution in [0.15, 0.2) is 18.2 Å². The van der Waals surface area contributed by atoms with Gasteiger partial charge in [-0.3, -0.25) is 9.59 Å². The molecule has 0 spiro atoms. The van der Waals surface area contributed by atoms with Crippen molar-refractivity contribution in [3.63, 3.8) is 0 Å². The van der Waals surface area contributed by atoms with Gasteiger partial charge in [-0.15, -0.1) is 0 Å². The van der Waals surface area contributed by atoms with Crippen molar-refractivity contribution in [1.82, 2.24) is 10.2 Å². The Labute approximate surface area is 119 Å². The van der Waals surface area contributed by atoms with E-state index in [9.17, 15) is 9.59 Å². The minimum atomic E-state index is 0.00477. The lowest BCUT2D eigenvalue weighted by Gasteiger charge is -2.31. The molecule has 5 heteroatoms. The number of hydrogen-bond donors (Lipinski definition) is 2. The first-order valence-electron chi connectivity index (χ1n) is 6.90. The number of carbonyl (C=O) groups excluding carboxylic acids is 2. The maximum Gasteiger partial charge on any atom is 0.254 e. The van der Waals surface area contributed by atoms with Gasteiger partial charge in [0.15, 0.2) is 0 Å². The quantitative estimate of drug-likeness (QED) is 0.796. The molecule has 1 heterocycles. The van der Waals surface area contributed by atoms with Crippen LogP contribution in [-0.4, -0.2) is 36.9 Å². The fourth-order valence-corrected chi connectivity index (χ4v) is 2.59. The van der Waals surface area contributed by atoms with E-state index < -0.39 is 0 Å². The molecule has 3 N–H and O–H groups in total. The van der Waals surface area contributed by atoms with Crippen LogP contribution in [0.2, 0.25) is 0 Å². The Balaban J connectivity index is 2.05. The van der Waals surface area contributed by atoms with Gasteiger partial charge in [-0.1, -0.05) is 6.07 Å². The molecule has 5 nitrogen and oxygen atoms in total. The second kappa shape index (κ2) is 5.94. The predicted octanol–water partition coefficient (Wildman–Crippen LogP) is 1.18. The van der Waals surface area contributed by atoms with E-state index in [1.165, 1.54) is 0 Å². The number of anilines is 1. The van der Waals surface area contributed by atoms with Crippen LogP contribution in [0.5, 0.6) is 0 Å². The standard InChI is InChI=1S/C15H21N3O2/c1-10-3-4-12(16)9-13(10)15(20)18-7-5-11(6-8-18)14(19)17-2/h3-4,9,11H,5-8,16H2,1-2H3,(H,17,19). The molecule has 0 saturated carbocycles. The van der Waals surface area contributed by atoms with E-state index in [-0.39, 0.29) is 17.7 Å². The highest BCUT2D eigenvalue weighted by Gasteiger charge is 2.27. The molecular weight excluding hydrogens is 254 g/mol. The molecule has 2 amide bonds. The van der Waals surface area contributed by atoms with E-state index >= 15 is 0 Å². The molecule has 1 fully saturated rings. The van der Waals surface area contributed by atoms with E-state index in [0.717, 1.165) is 5.56 Å². The van der Waals surface area contributed by atoms with Gasteiger partial charge in [0.25, 0.3) is 5.91 Å². The molecule has 1 saturated heterocycles. The summed E-state index contributed by atoms with van der Waals surface area (Å²) in [6, 6.07) is 5.38. The van der Waals surface area contributed by atoms with Crippen molar-refractivity contribution in [1.29, 1.82) is 0 Å². The summed E-state index contributed by atoms with van der Waals surface area (Å²) in [5, 5.41) is 2.67. The molecule has 1 aromatic carbocycles. The molecule has 0 aromatic heterocycles. The summed E-state index contributed by atoms with van der Waals surface area (Å²) in [6.45, 7) is 3.14. The molecule has 108 valence electrons. The maximum atomic E-state index is 12.5. The molecule has 20 heavy (non-hydrogen) atoms. The second-order valence-electron chi connectivity index (χ2n) is 5.26. The monoisotopic (exact) mass is 275 g/mol. The third kappa shape index (κ3) is 2.92. The zero-order valence-electron chi connectivity index (χ0n) is 12.0. The molecule has 1 aliphatic rings. The molecule has 1 aliphatic heterocycles. The number of aryl methyl sites for hydroxylation is 1. The van der Waals surface area contributed by atoms with E-state index in [0.29, 0.717) is 37.2 Å². The van der Waals surface area contributed by atoms with Crippen LogP contribution in [0.25, 0.3) is 0 Å². The Hall–Kier alpha value is -2.04. The van der Waals surface area contributed by atoms with Crippen molar-refractivity contribution in [2.24, 2.45) is 5.92 Å². The molecule has 0 aliphatic carbocycles. The van der Waals surface area contributed by atoms with Gasteiger partial charge in [0, 0.05) is 37.3 Å². The van der Waals surface area contributed by atoms with Gasteiger partial charge in [-0.2, -0.15) is 0 Å². The molecule has 0 unspecified atom stereocenters. The average molecular weight is 275 g/mol. The molecule has 2 rings (SSSR count). The lowest BCUT2D eigenvalue weighted by Crippen LogP contribution is -2.42. The number of amides is 2. The number of nitrogens with two attached hydrogens (primary N) is 1. The number of carbonyl (C=O) groups is 2. The van der Waals surface area contributed by atoms with Gasteiger partial charge in [0.1, 0.15) is 0 Å². The lowest BCUT2D eigenvalue weighted by atomic mass is 9.95. The largest absolute Gasteiger partial charge is 0.399 e. The van der Waals surface area contributed by atoms with Gasteiger partial charge in [0.2, 0.25) is 5.91 Å². The summed E-state index contributed by atoms with van der Waals surface area (Å²) in [6.07, 6.45) is 1.43. The first kappa shape index (κ1) is 14.4. The SMILES string of the molecule is CNC(=O)C1CCN(C(=O)c2cc(N)ccc2C)CC1. The Kier molecular flexibility index (Phi) is 4.27. The van der Waals surface area contributed by atoms with Gasteiger partial charge in [-0.05, 0) is 37.5 Å². The van der Waals surface area contributed by atoms with E-state index in [1.807, 2.05) is 13.0 Å². The van der Waals surface area contributed by atoms with Crippen molar-refractivity contribution in [3.05, 3.63) is 29.3 Å². The van der Waals surface area contributed by atoms with Crippen LogP contribution in [0.3, 0.4) is 0 Å². The number of nitrogen functional groups attached to an aromatic ring is 1. The molecule has 1 aromatic rings. The molecule has 0 bridgehead atoms. The summed E-state index contributed by atoms with van der Waals surface area (Å²) in [7, 11) is 1.65. The fourth-order valence-electron chi connectivity index (χ4n) is 2.59. The van der Waals surface area contributed by atoms with Crippen LogP contribution >= 0.6 is 0 Å². The summed E-state index contributed by atoms with van der Waals surface area (Å²) in [5.74, 6) is 0.0911. The summed E-state index contributed by atoms with van der Waals surface area (Å²) in [5.41, 5.74) is 7.93. The predicted molar refractivity (Wildman–Crippen MR) is 78.3 cm³/mol. The maximum absolute atomic E-state index is 12.5. The third-order valence-electron chi connectivity index (χ3n) is 3.89. The first-order chi connectivity index (χ1) is 9.52. The zero-order chi connectivity index (χ0) is 14.7. The van der Waals surface area contributed by atoms with Crippen molar-refractivity contribution in [2.75, 3.05) is 25.9 Å². The third-order valence-corrected chi connectivity index (χ3v) is 3.89. The number of nitrogens with one attached hydrogen (secondary N) is 1. The van der Waals surface area contributed by atoms with Crippen LogP contribution < -0.4 is 11.1 Å². The van der Waals surface area contributed by atoms with Crippen molar-refractivity contribution in [2.45, 2.75) is 19.8 Å². The Bertz CT molecular complexity index is 520. The highest BCUT2D eigenvalue weighted by Crippen LogP contribution is 2.21. The number of hydrogen-bond acceptors (Lipinski definition) is 3. The summed E-state index contributed by atoms with van der Waals surface area (Å²) >= 11 is 0. The summed E-state index contributed by atoms with van der Waals surface area (Å²) in [4.78, 5) is 25.9. The lowest BCUT2D eigenvalue weighted by molar-refractivity contribution is -0.125. The van der Waals surface area contributed by atoms with Crippen LogP contribution in [0.1, 0.15) is 28.8 Å². The fraction of sp³-hybridized carbons (Fsp3) is 0.467. The van der Waals surface area contributed by atoms with Crippen LogP contribution in [0, 0.1) is 12.8 Å². The van der Waals surface area contributed by atoms with Crippen LogP contribution in [-0.2, 0) is 4.79 Å². The topological polar surface area (TPSA) is 75.4 Å². The molecule has 0 atom stereocenters. The van der Waals surface area contributed by atoms with Gasteiger partial charge in [-0.25, -0.2) is 0 Å². The molecular formula is C15H21N3O2. The number of nitrogens with zero attached hydrogens (tertiary/aromatic N) is 1. The highest BCUT2D eigenvalue weighted by molar-refractivity contribution is 5.96. The van der Waals surface area contributed by atoms with Crippen molar-refractivity contribution >= 4 is 17.5 Å². The number of likely N-dealkylation sites (tertiary alicyclic amines) is 1. The normalized spacial score (nSPS) is 16.0. The van der Waals surface area contributed by atoms with Gasteiger partial charge in [0.05, 0.1) is 0 Å². The van der Waals surface area contributed by atoms with E-state index in [4.69, 9.17) is 5.73 Å². The van der Waals surface area contributed by atoms with E-state index in [2.05, 4.69) is 5.32 Å². The zero-order valence-corrected chi connectivity index (χ0v) is 12.0. The highest BCUT2D eigenvalue weighted by atomic mass is 16.2. The number of rotatable bonds is 2. The van der Waals surface area contributed by atoms with Gasteiger partial charge < -0.3 is 16.0 Å². The number of benzene rings is 1. The minimum absolute atomic E-state index is 0.00477. The Morgan fingerprint density at radius 2 is 1.95 bits per heavy atom. The molecule has 0 radical (unpaired) electrons. The van der Waals surface area contributed by atoms with Crippen LogP contribution in [0.4, 0.5) is 5.69 Å². The number of piperidine rings is 1. The Morgan fingerprint density at radius 3 is 2.55 bits per heavy atom. The van der Waals surface area contributed by atoms with E-state index in [1.54, 1.807) is 24.1 Å². The average Bonchev–Trinajstić information content (AvgIpc) is 2.48. The second-order valence-corrected chi connectivity index (χ2v) is 5.26. The Morgan fingerprint density at radius 1 is 1.30 bits per heavy atom. The van der Waals surface area contributed by atoms with Crippen molar-refractivity contribution < 1.29 is 9.59 Å². The van der Waals surface area contributed by atoms with Gasteiger partial charge >= 0.3 is 0 Å². The minimum Gasteiger partial charge on any atom is -0.399 e. The first-order valence-corrected chi connectivity index (χ1v) is 6.90. The summed E-state index contributed by atoms with van der Waals surface area (Å²) < 4.78 is 0.